The second-order valence-corrected chi connectivity index (χ2v) is 8.84. The van der Waals surface area contributed by atoms with Crippen LogP contribution in [0, 0.1) is 5.92 Å². The van der Waals surface area contributed by atoms with Gasteiger partial charge in [-0.3, -0.25) is 4.55 Å². The van der Waals surface area contributed by atoms with Gasteiger partial charge in [-0.05, 0) is 48.9 Å². The molecule has 156 valence electrons. The van der Waals surface area contributed by atoms with Crippen LogP contribution in [0.3, 0.4) is 0 Å². The summed E-state index contributed by atoms with van der Waals surface area (Å²) in [7, 11) is 0. The van der Waals surface area contributed by atoms with Gasteiger partial charge in [0.25, 0.3) is 0 Å². The molecule has 4 N–H and O–H groups in total. The predicted octanol–water partition coefficient (Wildman–Crippen LogP) is 2.68. The van der Waals surface area contributed by atoms with Crippen molar-refractivity contribution in [2.75, 3.05) is 31.1 Å². The van der Waals surface area contributed by atoms with Crippen LogP contribution in [0.15, 0.2) is 48.5 Å². The second kappa shape index (κ2) is 9.26. The largest absolute Gasteiger partial charge is 0.492 e. The molecule has 0 saturated carbocycles. The lowest BCUT2D eigenvalue weighted by molar-refractivity contribution is 0.238. The van der Waals surface area contributed by atoms with Crippen molar-refractivity contribution < 1.29 is 13.5 Å². The molecule has 0 amide bonds. The maximum absolute atomic E-state index is 10.6. The van der Waals surface area contributed by atoms with Crippen molar-refractivity contribution in [2.24, 2.45) is 11.7 Å². The van der Waals surface area contributed by atoms with E-state index in [2.05, 4.69) is 52.1 Å². The molecule has 0 spiro atoms. The van der Waals surface area contributed by atoms with Gasteiger partial charge in [0.1, 0.15) is 12.4 Å². The van der Waals surface area contributed by atoms with Gasteiger partial charge in [-0.15, -0.1) is 0 Å². The first-order valence-corrected chi connectivity index (χ1v) is 11.4. The topological polar surface area (TPSA) is 87.8 Å². The van der Waals surface area contributed by atoms with Crippen LogP contribution in [0.1, 0.15) is 29.9 Å². The number of ether oxygens (including phenoxy) is 1. The van der Waals surface area contributed by atoms with Gasteiger partial charge in [-0.1, -0.05) is 30.3 Å². The zero-order chi connectivity index (χ0) is 20.2. The maximum atomic E-state index is 10.6. The highest BCUT2D eigenvalue weighted by atomic mass is 32.2. The SMILES string of the molecule is NC1COc2ccc(N3CC(CCCNS(=O)O)C3)cc2C1Cc1ccccc1. The number of nitrogens with one attached hydrogen (secondary N) is 1. The number of nitrogens with two attached hydrogens (primary N) is 1. The highest BCUT2D eigenvalue weighted by molar-refractivity contribution is 7.77. The summed E-state index contributed by atoms with van der Waals surface area (Å²) in [4.78, 5) is 2.39. The van der Waals surface area contributed by atoms with Crippen LogP contribution in [0.2, 0.25) is 0 Å². The van der Waals surface area contributed by atoms with E-state index in [-0.39, 0.29) is 12.0 Å². The van der Waals surface area contributed by atoms with Gasteiger partial charge >= 0.3 is 0 Å². The second-order valence-electron chi connectivity index (χ2n) is 8.05. The molecule has 6 nitrogen and oxygen atoms in total. The quantitative estimate of drug-likeness (QED) is 0.456. The Bertz CT molecular complexity index is 842. The fourth-order valence-electron chi connectivity index (χ4n) is 4.33. The fourth-order valence-corrected chi connectivity index (χ4v) is 4.65. The van der Waals surface area contributed by atoms with Crippen LogP contribution < -0.4 is 20.1 Å². The Morgan fingerprint density at radius 1 is 1.21 bits per heavy atom. The summed E-state index contributed by atoms with van der Waals surface area (Å²) >= 11 is -1.91. The van der Waals surface area contributed by atoms with Crippen molar-refractivity contribution in [1.29, 1.82) is 0 Å². The number of rotatable bonds is 8. The van der Waals surface area contributed by atoms with E-state index in [1.54, 1.807) is 0 Å². The minimum Gasteiger partial charge on any atom is -0.492 e. The molecule has 3 unspecified atom stereocenters. The summed E-state index contributed by atoms with van der Waals surface area (Å²) in [6.07, 6.45) is 2.90. The maximum Gasteiger partial charge on any atom is 0.231 e. The first-order valence-electron chi connectivity index (χ1n) is 10.3. The Kier molecular flexibility index (Phi) is 6.50. The van der Waals surface area contributed by atoms with Crippen LogP contribution in [-0.4, -0.2) is 41.0 Å². The van der Waals surface area contributed by atoms with E-state index in [0.717, 1.165) is 38.1 Å². The third kappa shape index (κ3) is 4.98. The average Bonchev–Trinajstić information content (AvgIpc) is 2.69. The predicted molar refractivity (Wildman–Crippen MR) is 117 cm³/mol. The average molecular weight is 416 g/mol. The smallest absolute Gasteiger partial charge is 0.231 e. The van der Waals surface area contributed by atoms with Crippen molar-refractivity contribution >= 4 is 17.0 Å². The van der Waals surface area contributed by atoms with Crippen molar-refractivity contribution in [3.63, 3.8) is 0 Å². The Balaban J connectivity index is 1.39. The van der Waals surface area contributed by atoms with Gasteiger partial charge in [-0.25, -0.2) is 8.93 Å². The molecule has 3 atom stereocenters. The fraction of sp³-hybridized carbons (Fsp3) is 0.455. The molecule has 7 heteroatoms. The van der Waals surface area contributed by atoms with Crippen LogP contribution in [0.25, 0.3) is 0 Å². The van der Waals surface area contributed by atoms with Gasteiger partial charge in [0, 0.05) is 42.8 Å². The summed E-state index contributed by atoms with van der Waals surface area (Å²) in [5, 5.41) is 0. The van der Waals surface area contributed by atoms with Crippen molar-refractivity contribution in [1.82, 2.24) is 4.72 Å². The number of nitrogens with zero attached hydrogens (tertiary/aromatic N) is 1. The minimum absolute atomic E-state index is 0.00771. The summed E-state index contributed by atoms with van der Waals surface area (Å²) in [6.45, 7) is 3.19. The van der Waals surface area contributed by atoms with Gasteiger partial charge in [0.2, 0.25) is 11.3 Å². The zero-order valence-electron chi connectivity index (χ0n) is 16.5. The third-order valence-electron chi connectivity index (χ3n) is 5.98. The lowest BCUT2D eigenvalue weighted by Crippen LogP contribution is -2.47. The summed E-state index contributed by atoms with van der Waals surface area (Å²) in [6, 6.07) is 17.0. The van der Waals surface area contributed by atoms with E-state index in [0.29, 0.717) is 19.1 Å². The van der Waals surface area contributed by atoms with Gasteiger partial charge in [-0.2, -0.15) is 0 Å². The van der Waals surface area contributed by atoms with Crippen LogP contribution in [-0.2, 0) is 17.7 Å². The van der Waals surface area contributed by atoms with Crippen molar-refractivity contribution in [3.8, 4) is 5.75 Å². The number of hydrogen-bond donors (Lipinski definition) is 3. The van der Waals surface area contributed by atoms with Crippen LogP contribution in [0.5, 0.6) is 5.75 Å². The van der Waals surface area contributed by atoms with E-state index in [4.69, 9.17) is 15.0 Å². The lowest BCUT2D eigenvalue weighted by Gasteiger charge is -2.42. The van der Waals surface area contributed by atoms with E-state index in [1.165, 1.54) is 16.8 Å². The van der Waals surface area contributed by atoms with E-state index in [9.17, 15) is 4.21 Å². The molecule has 1 fully saturated rings. The first kappa shape index (κ1) is 20.3. The molecule has 0 aliphatic carbocycles. The molecule has 2 aromatic carbocycles. The molecular formula is C22H29N3O3S. The minimum atomic E-state index is -1.91. The zero-order valence-corrected chi connectivity index (χ0v) is 17.3. The Hall–Kier alpha value is -1.93. The molecule has 1 saturated heterocycles. The monoisotopic (exact) mass is 415 g/mol. The van der Waals surface area contributed by atoms with Crippen molar-refractivity contribution in [3.05, 3.63) is 59.7 Å². The molecule has 0 radical (unpaired) electrons. The standard InChI is InChI=1S/C22H29N3O3S/c23-21-15-28-22-9-8-18(25-13-17(14-25)7-4-10-24-29(26)27)12-20(22)19(21)11-16-5-2-1-3-6-16/h1-3,5-6,8-9,12,17,19,21,24H,4,7,10-11,13-15,23H2,(H,26,27). The highest BCUT2D eigenvalue weighted by Gasteiger charge is 2.31. The number of benzene rings is 2. The lowest BCUT2D eigenvalue weighted by atomic mass is 9.84. The Morgan fingerprint density at radius 3 is 2.76 bits per heavy atom. The summed E-state index contributed by atoms with van der Waals surface area (Å²) in [5.41, 5.74) is 10.2. The molecular weight excluding hydrogens is 386 g/mol. The number of anilines is 1. The van der Waals surface area contributed by atoms with E-state index in [1.807, 2.05) is 6.07 Å². The van der Waals surface area contributed by atoms with Gasteiger partial charge in [0.15, 0.2) is 0 Å². The Labute approximate surface area is 174 Å². The molecule has 2 heterocycles. The summed E-state index contributed by atoms with van der Waals surface area (Å²) in [5.74, 6) is 1.85. The van der Waals surface area contributed by atoms with E-state index < -0.39 is 11.3 Å². The first-order chi connectivity index (χ1) is 14.1. The molecule has 0 bridgehead atoms. The normalized spacial score (nSPS) is 22.5. The summed E-state index contributed by atoms with van der Waals surface area (Å²) < 4.78 is 27.8. The molecule has 2 aromatic rings. The van der Waals surface area contributed by atoms with Crippen LogP contribution in [0.4, 0.5) is 5.69 Å². The molecule has 4 rings (SSSR count). The molecule has 2 aliphatic rings. The van der Waals surface area contributed by atoms with E-state index >= 15 is 0 Å². The number of fused-ring (bicyclic) bond motifs is 1. The van der Waals surface area contributed by atoms with Crippen molar-refractivity contribution in [2.45, 2.75) is 31.2 Å². The third-order valence-corrected chi connectivity index (χ3v) is 6.43. The number of hydrogen-bond acceptors (Lipinski definition) is 4. The molecule has 2 aliphatic heterocycles. The van der Waals surface area contributed by atoms with Gasteiger partial charge < -0.3 is 15.4 Å². The van der Waals surface area contributed by atoms with Gasteiger partial charge in [0.05, 0.1) is 0 Å². The highest BCUT2D eigenvalue weighted by Crippen LogP contribution is 2.39. The molecule has 29 heavy (non-hydrogen) atoms. The Morgan fingerprint density at radius 2 is 2.00 bits per heavy atom. The molecule has 0 aromatic heterocycles. The van der Waals surface area contributed by atoms with Crippen LogP contribution >= 0.6 is 0 Å².